The third-order valence-corrected chi connectivity index (χ3v) is 30.6. The Kier molecular flexibility index (Phi) is 24.4. The zero-order valence-corrected chi connectivity index (χ0v) is 88.2. The summed E-state index contributed by atoms with van der Waals surface area (Å²) < 4.78 is 71.3. The van der Waals surface area contributed by atoms with Crippen LogP contribution in [0.25, 0.3) is 109 Å². The summed E-state index contributed by atoms with van der Waals surface area (Å²) in [6.45, 7) is 53.4. The van der Waals surface area contributed by atoms with E-state index in [2.05, 4.69) is 324 Å². The lowest BCUT2D eigenvalue weighted by Crippen LogP contribution is -2.33. The number of hydrogen-bond donors (Lipinski definition) is 3. The molecule has 0 radical (unpaired) electrons. The van der Waals surface area contributed by atoms with Crippen LogP contribution in [0.15, 0.2) is 272 Å². The van der Waals surface area contributed by atoms with Crippen molar-refractivity contribution in [3.63, 3.8) is 0 Å². The Balaban J connectivity index is 0.000000129. The third kappa shape index (κ3) is 17.5. The number of fused-ring (bicyclic) bond motifs is 24. The highest BCUT2D eigenvalue weighted by atomic mass is 35.7. The van der Waals surface area contributed by atoms with Gasteiger partial charge in [0, 0.05) is 66.1 Å². The van der Waals surface area contributed by atoms with Gasteiger partial charge in [-0.2, -0.15) is 0 Å². The monoisotopic (exact) mass is 1940 g/mol. The molecular formula is C122H126ClO14P3. The summed E-state index contributed by atoms with van der Waals surface area (Å²) in [6, 6.07) is 86.9. The summed E-state index contributed by atoms with van der Waals surface area (Å²) in [5.41, 5.74) is 10.5. The van der Waals surface area contributed by atoms with Crippen LogP contribution in [-0.4, -0.2) is 41.7 Å². The summed E-state index contributed by atoms with van der Waals surface area (Å²) in [5.74, 6) is 5.80. The summed E-state index contributed by atoms with van der Waals surface area (Å²) in [7, 11) is -3.68. The molecule has 6 heterocycles. The average molecular weight is 1940 g/mol. The van der Waals surface area contributed by atoms with Gasteiger partial charge in [-0.1, -0.05) is 348 Å². The fourth-order valence-electron chi connectivity index (χ4n) is 20.7. The van der Waals surface area contributed by atoms with Gasteiger partial charge in [0.15, 0.2) is 0 Å². The lowest BCUT2D eigenvalue weighted by molar-refractivity contribution is 0.232. The maximum Gasteiger partial charge on any atom is 0.453 e. The minimum Gasteiger partial charge on any atom is -0.507 e. The van der Waals surface area contributed by atoms with Crippen LogP contribution in [0.2, 0.25) is 0 Å². The SMILES string of the molecule is CC(C)(C)c1cc(C(C)(C)C)c2c(c1O)C1(CO2)COc2c(C(C)(C)C)cc(C(C)(C)C)c(O)c21.CC(C)(C)c1cc(C(C)(C)C)c2c(c1O)C1(CO2)COc2c(C(C)(C)C)cc(C(C)(C)C)c(Op3oc4ccc5ccccc5c4c4c(ccc5ccccc54)o3)c21.ClP(Oc1ccc2ccccc2c1)Oc1ccc2ccccc2c1.c1ccc2c(c1)ccc1o[pH]oc3ccc4ccccc4c3c12. The van der Waals surface area contributed by atoms with E-state index in [0.29, 0.717) is 41.6 Å². The maximum atomic E-state index is 12.6. The van der Waals surface area contributed by atoms with E-state index in [1.165, 1.54) is 32.3 Å². The van der Waals surface area contributed by atoms with Gasteiger partial charge in [0.1, 0.15) is 117 Å². The van der Waals surface area contributed by atoms with Crippen LogP contribution < -0.4 is 32.5 Å². The molecule has 4 aliphatic heterocycles. The molecule has 0 amide bonds. The molecule has 0 fully saturated rings. The van der Waals surface area contributed by atoms with Gasteiger partial charge in [-0.3, -0.25) is 0 Å². The summed E-state index contributed by atoms with van der Waals surface area (Å²) >= 11 is 6.27. The van der Waals surface area contributed by atoms with Crippen LogP contribution in [-0.2, 0) is 54.1 Å². The van der Waals surface area contributed by atoms with Gasteiger partial charge in [-0.15, -0.1) is 0 Å². The van der Waals surface area contributed by atoms with Crippen LogP contribution in [0.1, 0.15) is 233 Å². The first-order valence-electron chi connectivity index (χ1n) is 48.4. The Morgan fingerprint density at radius 2 is 0.536 bits per heavy atom. The number of phenols is 3. The zero-order chi connectivity index (χ0) is 99.4. The molecule has 1 atom stereocenters. The maximum absolute atomic E-state index is 12.6. The fourth-order valence-corrected chi connectivity index (χ4v) is 23.4. The second-order valence-corrected chi connectivity index (χ2v) is 49.4. The van der Waals surface area contributed by atoms with Crippen molar-refractivity contribution in [1.29, 1.82) is 0 Å². The van der Waals surface area contributed by atoms with Crippen molar-refractivity contribution in [2.75, 3.05) is 26.4 Å². The molecule has 140 heavy (non-hydrogen) atoms. The van der Waals surface area contributed by atoms with Crippen LogP contribution in [0, 0.1) is 0 Å². The molecule has 720 valence electrons. The quantitative estimate of drug-likeness (QED) is 0.134. The Morgan fingerprint density at radius 1 is 0.286 bits per heavy atom. The van der Waals surface area contributed by atoms with Crippen molar-refractivity contribution in [3.8, 4) is 57.5 Å². The minimum atomic E-state index is -2.08. The molecule has 2 spiro atoms. The van der Waals surface area contributed by atoms with E-state index in [1.807, 2.05) is 97.1 Å². The van der Waals surface area contributed by atoms with Gasteiger partial charge >= 0.3 is 16.0 Å². The van der Waals surface area contributed by atoms with E-state index in [0.717, 1.165) is 155 Å². The fraction of sp³-hybridized carbons (Fsp3) is 0.311. The van der Waals surface area contributed by atoms with Gasteiger partial charge in [0.2, 0.25) is 8.67 Å². The van der Waals surface area contributed by atoms with Crippen LogP contribution in [0.3, 0.4) is 0 Å². The molecular weight excluding hydrogens is 1820 g/mol. The van der Waals surface area contributed by atoms with Gasteiger partial charge in [-0.25, -0.2) is 0 Å². The highest BCUT2D eigenvalue weighted by molar-refractivity contribution is 7.76. The summed E-state index contributed by atoms with van der Waals surface area (Å²) in [4.78, 5) is 0. The van der Waals surface area contributed by atoms with Crippen molar-refractivity contribution >= 4 is 144 Å². The topological polar surface area (TPSA) is 178 Å². The van der Waals surface area contributed by atoms with Crippen molar-refractivity contribution in [3.05, 3.63) is 322 Å². The first-order valence-corrected chi connectivity index (χ1v) is 52.4. The number of rotatable bonds is 6. The van der Waals surface area contributed by atoms with Crippen molar-refractivity contribution in [2.24, 2.45) is 0 Å². The largest absolute Gasteiger partial charge is 0.507 e. The second-order valence-electron chi connectivity index (χ2n) is 46.2. The molecule has 0 saturated carbocycles. The van der Waals surface area contributed by atoms with Gasteiger partial charge < -0.3 is 64.6 Å². The highest BCUT2D eigenvalue weighted by Gasteiger charge is 2.59. The van der Waals surface area contributed by atoms with E-state index in [9.17, 15) is 15.3 Å². The van der Waals surface area contributed by atoms with E-state index >= 15 is 0 Å². The number of halogens is 1. The molecule has 18 aromatic rings. The molecule has 0 bridgehead atoms. The first kappa shape index (κ1) is 96.5. The Labute approximate surface area is 829 Å². The van der Waals surface area contributed by atoms with Crippen molar-refractivity contribution < 1.29 is 64.6 Å². The minimum absolute atomic E-state index is 0.0290. The molecule has 3 N–H and O–H groups in total. The van der Waals surface area contributed by atoms with E-state index in [4.69, 9.17) is 60.5 Å². The number of ether oxygens (including phenoxy) is 4. The Morgan fingerprint density at radius 3 is 0.843 bits per heavy atom. The lowest BCUT2D eigenvalue weighted by Gasteiger charge is -2.32. The van der Waals surface area contributed by atoms with Crippen molar-refractivity contribution in [2.45, 2.75) is 220 Å². The Hall–Kier alpha value is -12.4. The Bertz CT molecular complexity index is 7720. The van der Waals surface area contributed by atoms with Crippen LogP contribution >= 0.6 is 35.9 Å². The number of hydrogen-bond acceptors (Lipinski definition) is 14. The molecule has 0 saturated heterocycles. The van der Waals surface area contributed by atoms with Gasteiger partial charge in [-0.05, 0) is 192 Å². The molecule has 4 aliphatic rings. The average Bonchev–Trinajstić information content (AvgIpc) is 1.53. The molecule has 22 rings (SSSR count). The van der Waals surface area contributed by atoms with Gasteiger partial charge in [0.05, 0.1) is 22.3 Å². The van der Waals surface area contributed by atoms with Crippen LogP contribution in [0.5, 0.6) is 57.5 Å². The summed E-state index contributed by atoms with van der Waals surface area (Å²) in [5, 5.41) is 54.2. The number of benzene rings is 16. The van der Waals surface area contributed by atoms with Crippen LogP contribution in [0.4, 0.5) is 0 Å². The molecule has 1 unspecified atom stereocenters. The van der Waals surface area contributed by atoms with Gasteiger partial charge in [0.25, 0.3) is 0 Å². The number of phenolic OH excluding ortho intramolecular Hbond substituents is 3. The van der Waals surface area contributed by atoms with E-state index < -0.39 is 26.8 Å². The zero-order valence-electron chi connectivity index (χ0n) is 84.7. The smallest absolute Gasteiger partial charge is 0.453 e. The van der Waals surface area contributed by atoms with E-state index in [-0.39, 0.29) is 82.5 Å². The third-order valence-electron chi connectivity index (χ3n) is 27.9. The molecule has 0 aliphatic carbocycles. The van der Waals surface area contributed by atoms with Crippen molar-refractivity contribution in [1.82, 2.24) is 0 Å². The standard InChI is InChI=1S/C51H55O6P.C31H44O4.C20H14ClO2P.C20H13O2P/c1-47(2,3)33-25-34(48(4,5)6)44-41(43(33)52)51(27-53-44)28-54-45-35(49(7,8)9)26-36(50(10,11)12)46(42(45)51)57-58-55-37-23-21-29-17-13-15-19-31(29)39(37)40-32-20-16-14-18-30(32)22-24-38(40)56-58;1-27(2,3)17-13-19(29(7,8)9)25-21(23(17)32)31(15-34-25)16-35-26-20(30(10,11)12)14-18(28(4,5)6)24(33)22(26)31;21-24(22-19-11-9-15-5-1-3-7-17(15)13-19)23-20-12-10-16-6-2-4-8-18(16)14-20;1-3-7-15-13(5-1)9-11-17-19(15)20-16-8-4-2-6-14(16)10-12-18(20)22-23-21-17/h13-26,52H,27-28H2,1-12H3;13-14,32-33H,15-16H2,1-12H3;1-14H;1-12,23H. The predicted molar refractivity (Wildman–Crippen MR) is 581 cm³/mol. The lowest BCUT2D eigenvalue weighted by atomic mass is 9.69. The second kappa shape index (κ2) is 35.4. The van der Waals surface area contributed by atoms with E-state index in [1.54, 1.807) is 0 Å². The first-order chi connectivity index (χ1) is 66.1. The number of aromatic hydroxyl groups is 3. The normalized spacial score (nSPS) is 15.1. The summed E-state index contributed by atoms with van der Waals surface area (Å²) in [6.07, 6.45) is 0. The predicted octanol–water partition coefficient (Wildman–Crippen LogP) is 35.3. The molecule has 14 nitrogen and oxygen atoms in total. The molecule has 2 aromatic heterocycles. The molecule has 18 heteroatoms. The molecule has 16 aromatic carbocycles. The highest BCUT2D eigenvalue weighted by Crippen LogP contribution is 2.66.